The van der Waals surface area contributed by atoms with Crippen molar-refractivity contribution < 1.29 is 9.53 Å². The molecule has 0 unspecified atom stereocenters. The first-order valence-electron chi connectivity index (χ1n) is 10.1. The van der Waals surface area contributed by atoms with E-state index in [1.165, 1.54) is 28.7 Å². The topological polar surface area (TPSA) is 60.2 Å². The number of ether oxygens (including phenoxy) is 1. The van der Waals surface area contributed by atoms with Crippen molar-refractivity contribution in [1.82, 2.24) is 14.5 Å². The minimum absolute atomic E-state index is 0.00958. The Morgan fingerprint density at radius 2 is 2.06 bits per heavy atom. The Balaban J connectivity index is 1.56. The Hall–Kier alpha value is -2.55. The summed E-state index contributed by atoms with van der Waals surface area (Å²) >= 11 is 9.35. The molecule has 0 spiro atoms. The third-order valence-electron chi connectivity index (χ3n) is 4.94. The highest BCUT2D eigenvalue weighted by molar-refractivity contribution is 8.00. The van der Waals surface area contributed by atoms with E-state index < -0.39 is 0 Å². The number of amides is 1. The van der Waals surface area contributed by atoms with Gasteiger partial charge in [-0.15, -0.1) is 11.8 Å². The summed E-state index contributed by atoms with van der Waals surface area (Å²) in [6.07, 6.45) is 6.23. The minimum Gasteiger partial charge on any atom is -0.494 e. The average molecular weight is 487 g/mol. The van der Waals surface area contributed by atoms with Crippen molar-refractivity contribution in [3.63, 3.8) is 0 Å². The molecule has 0 atom stereocenters. The first-order chi connectivity index (χ1) is 15.5. The Bertz CT molecular complexity index is 1190. The fourth-order valence-corrected chi connectivity index (χ4v) is 5.31. The van der Waals surface area contributed by atoms with Crippen molar-refractivity contribution in [2.45, 2.75) is 24.8 Å². The van der Waals surface area contributed by atoms with E-state index in [9.17, 15) is 4.79 Å². The van der Waals surface area contributed by atoms with Gasteiger partial charge in [-0.2, -0.15) is 0 Å². The van der Waals surface area contributed by atoms with Crippen LogP contribution < -0.4 is 9.64 Å². The molecule has 0 aliphatic heterocycles. The molecule has 2 aromatic carbocycles. The van der Waals surface area contributed by atoms with Gasteiger partial charge in [-0.25, -0.2) is 9.97 Å². The van der Waals surface area contributed by atoms with Crippen molar-refractivity contribution in [1.29, 1.82) is 0 Å². The lowest BCUT2D eigenvalue weighted by molar-refractivity contribution is -0.116. The lowest BCUT2D eigenvalue weighted by Crippen LogP contribution is -2.33. The molecular weight excluding hydrogens is 464 g/mol. The van der Waals surface area contributed by atoms with Gasteiger partial charge in [0.1, 0.15) is 11.3 Å². The number of halogens is 1. The minimum atomic E-state index is 0.00958. The molecule has 0 bridgehead atoms. The van der Waals surface area contributed by atoms with E-state index in [1.807, 2.05) is 29.8 Å². The summed E-state index contributed by atoms with van der Waals surface area (Å²) in [5.74, 6) is 0.983. The van der Waals surface area contributed by atoms with Crippen LogP contribution in [0.4, 0.5) is 5.13 Å². The fraction of sp³-hybridized carbons (Fsp3) is 0.261. The van der Waals surface area contributed by atoms with Gasteiger partial charge >= 0.3 is 0 Å². The van der Waals surface area contributed by atoms with Gasteiger partial charge in [-0.05, 0) is 37.6 Å². The number of thiazole rings is 1. The zero-order chi connectivity index (χ0) is 22.5. The zero-order valence-electron chi connectivity index (χ0n) is 17.8. The van der Waals surface area contributed by atoms with Crippen LogP contribution in [-0.4, -0.2) is 39.8 Å². The second-order valence-electron chi connectivity index (χ2n) is 7.22. The predicted molar refractivity (Wildman–Crippen MR) is 132 cm³/mol. The molecule has 0 saturated heterocycles. The standard InChI is InChI=1S/C23H23ClN4O2S2/c1-16-4-6-17(7-5-16)31-14-20(29)28(12-3-11-27-13-10-25-15-27)23-26-21-19(30-2)9-8-18(24)22(21)32-23/h4-10,13,15H,3,11-12,14H2,1-2H3. The smallest absolute Gasteiger partial charge is 0.239 e. The van der Waals surface area contributed by atoms with Crippen LogP contribution in [0.3, 0.4) is 0 Å². The van der Waals surface area contributed by atoms with Crippen molar-refractivity contribution in [2.24, 2.45) is 0 Å². The number of hydrogen-bond acceptors (Lipinski definition) is 6. The molecule has 2 heterocycles. The summed E-state index contributed by atoms with van der Waals surface area (Å²) in [5.41, 5.74) is 1.88. The predicted octanol–water partition coefficient (Wildman–Crippen LogP) is 5.68. The number of carbonyl (C=O) groups excluding carboxylic acids is 1. The molecule has 2 aromatic heterocycles. The molecule has 32 heavy (non-hydrogen) atoms. The molecule has 0 saturated carbocycles. The van der Waals surface area contributed by atoms with Crippen LogP contribution in [0.25, 0.3) is 10.2 Å². The lowest BCUT2D eigenvalue weighted by Gasteiger charge is -2.20. The van der Waals surface area contributed by atoms with E-state index in [0.717, 1.165) is 22.6 Å². The highest BCUT2D eigenvalue weighted by Crippen LogP contribution is 2.39. The van der Waals surface area contributed by atoms with Crippen molar-refractivity contribution in [3.8, 4) is 5.75 Å². The molecule has 4 rings (SSSR count). The van der Waals surface area contributed by atoms with Crippen molar-refractivity contribution in [3.05, 3.63) is 65.7 Å². The molecule has 0 N–H and O–H groups in total. The number of benzene rings is 2. The van der Waals surface area contributed by atoms with E-state index in [4.69, 9.17) is 21.3 Å². The number of aromatic nitrogens is 3. The molecule has 0 aliphatic rings. The maximum atomic E-state index is 13.3. The zero-order valence-corrected chi connectivity index (χ0v) is 20.2. The van der Waals surface area contributed by atoms with E-state index in [1.54, 1.807) is 36.7 Å². The molecule has 1 amide bonds. The van der Waals surface area contributed by atoms with Crippen LogP contribution in [0.15, 0.2) is 60.0 Å². The second-order valence-corrected chi connectivity index (χ2v) is 9.66. The molecule has 0 fully saturated rings. The van der Waals surface area contributed by atoms with E-state index in [2.05, 4.69) is 17.1 Å². The van der Waals surface area contributed by atoms with Crippen LogP contribution in [0.1, 0.15) is 12.0 Å². The Morgan fingerprint density at radius 1 is 1.25 bits per heavy atom. The monoisotopic (exact) mass is 486 g/mol. The summed E-state index contributed by atoms with van der Waals surface area (Å²) in [6.45, 7) is 3.36. The van der Waals surface area contributed by atoms with Gasteiger partial charge in [0.15, 0.2) is 5.13 Å². The highest BCUT2D eigenvalue weighted by atomic mass is 35.5. The second kappa shape index (κ2) is 10.4. The summed E-state index contributed by atoms with van der Waals surface area (Å²) in [4.78, 5) is 24.9. The van der Waals surface area contributed by atoms with Gasteiger partial charge in [-0.1, -0.05) is 40.6 Å². The number of rotatable bonds is 9. The van der Waals surface area contributed by atoms with Crippen molar-refractivity contribution in [2.75, 3.05) is 24.3 Å². The Labute approximate surface area is 200 Å². The van der Waals surface area contributed by atoms with Crippen LogP contribution in [0.2, 0.25) is 5.02 Å². The van der Waals surface area contributed by atoms with Gasteiger partial charge in [0.25, 0.3) is 0 Å². The van der Waals surface area contributed by atoms with E-state index >= 15 is 0 Å². The van der Waals surface area contributed by atoms with Gasteiger partial charge < -0.3 is 9.30 Å². The number of anilines is 1. The molecule has 0 radical (unpaired) electrons. The number of aryl methyl sites for hydroxylation is 2. The van der Waals surface area contributed by atoms with Gasteiger partial charge in [0, 0.05) is 30.4 Å². The number of hydrogen-bond donors (Lipinski definition) is 0. The van der Waals surface area contributed by atoms with Crippen LogP contribution in [-0.2, 0) is 11.3 Å². The number of imidazole rings is 1. The van der Waals surface area contributed by atoms with Gasteiger partial charge in [-0.3, -0.25) is 9.69 Å². The van der Waals surface area contributed by atoms with Crippen molar-refractivity contribution >= 4 is 56.0 Å². The van der Waals surface area contributed by atoms with Crippen LogP contribution >= 0.6 is 34.7 Å². The van der Waals surface area contributed by atoms with Crippen LogP contribution in [0.5, 0.6) is 5.75 Å². The highest BCUT2D eigenvalue weighted by Gasteiger charge is 2.22. The molecule has 9 heteroatoms. The largest absolute Gasteiger partial charge is 0.494 e. The van der Waals surface area contributed by atoms with E-state index in [0.29, 0.717) is 33.7 Å². The fourth-order valence-electron chi connectivity index (χ4n) is 3.24. The lowest BCUT2D eigenvalue weighted by atomic mass is 10.2. The van der Waals surface area contributed by atoms with E-state index in [-0.39, 0.29) is 5.91 Å². The molecule has 166 valence electrons. The van der Waals surface area contributed by atoms with Gasteiger partial charge in [0.05, 0.1) is 28.9 Å². The number of thioether (sulfide) groups is 1. The number of nitrogens with zero attached hydrogens (tertiary/aromatic N) is 4. The first-order valence-corrected chi connectivity index (χ1v) is 12.3. The summed E-state index contributed by atoms with van der Waals surface area (Å²) in [5, 5.41) is 1.23. The first kappa shape index (κ1) is 22.6. The maximum absolute atomic E-state index is 13.3. The normalized spacial score (nSPS) is 11.1. The quantitative estimate of drug-likeness (QED) is 0.285. The third-order valence-corrected chi connectivity index (χ3v) is 7.48. The molecule has 4 aromatic rings. The SMILES string of the molecule is COc1ccc(Cl)c2sc(N(CCCn3ccnc3)C(=O)CSc3ccc(C)cc3)nc12. The molecular formula is C23H23ClN4O2S2. The summed E-state index contributed by atoms with van der Waals surface area (Å²) in [7, 11) is 1.61. The Morgan fingerprint density at radius 3 is 2.78 bits per heavy atom. The maximum Gasteiger partial charge on any atom is 0.239 e. The molecule has 6 nitrogen and oxygen atoms in total. The average Bonchev–Trinajstić information content (AvgIpc) is 3.47. The number of methoxy groups -OCH3 is 1. The molecule has 0 aliphatic carbocycles. The number of fused-ring (bicyclic) bond motifs is 1. The van der Waals surface area contributed by atoms with Gasteiger partial charge in [0.2, 0.25) is 5.91 Å². The summed E-state index contributed by atoms with van der Waals surface area (Å²) in [6, 6.07) is 11.8. The Kier molecular flexibility index (Phi) is 7.34. The summed E-state index contributed by atoms with van der Waals surface area (Å²) < 4.78 is 8.27. The van der Waals surface area contributed by atoms with Crippen LogP contribution in [0, 0.1) is 6.92 Å². The number of carbonyl (C=O) groups is 1. The third kappa shape index (κ3) is 5.26.